The molecule has 0 atom stereocenters. The Kier molecular flexibility index (Phi) is 3.83. The van der Waals surface area contributed by atoms with Gasteiger partial charge in [0.2, 0.25) is 6.79 Å². The SMILES string of the molecule is Cc1noc(-c2sccc2NC(=O)c2cc(-c3ccc4c(c3)OCO4)n[nH]2)n1. The van der Waals surface area contributed by atoms with Gasteiger partial charge in [0.05, 0.1) is 11.4 Å². The number of amides is 1. The lowest BCUT2D eigenvalue weighted by atomic mass is 10.1. The van der Waals surface area contributed by atoms with Crippen LogP contribution in [0.25, 0.3) is 22.0 Å². The number of carbonyl (C=O) groups is 1. The summed E-state index contributed by atoms with van der Waals surface area (Å²) in [6, 6.07) is 8.97. The quantitative estimate of drug-likeness (QED) is 0.543. The van der Waals surface area contributed by atoms with E-state index in [1.54, 1.807) is 19.1 Å². The van der Waals surface area contributed by atoms with Crippen molar-refractivity contribution < 1.29 is 18.8 Å². The number of aromatic amines is 1. The van der Waals surface area contributed by atoms with E-state index < -0.39 is 0 Å². The predicted octanol–water partition coefficient (Wildman–Crippen LogP) is 3.48. The molecular formula is C18H13N5O4S. The molecule has 10 heteroatoms. The van der Waals surface area contributed by atoms with Gasteiger partial charge in [0.1, 0.15) is 10.6 Å². The molecule has 0 spiro atoms. The van der Waals surface area contributed by atoms with Crippen molar-refractivity contribution >= 4 is 22.9 Å². The normalized spacial score (nSPS) is 12.3. The third kappa shape index (κ3) is 2.89. The molecule has 0 saturated heterocycles. The van der Waals surface area contributed by atoms with Crippen LogP contribution in [0.3, 0.4) is 0 Å². The Morgan fingerprint density at radius 2 is 2.11 bits per heavy atom. The molecule has 1 amide bonds. The van der Waals surface area contributed by atoms with Gasteiger partial charge in [0.25, 0.3) is 11.8 Å². The topological polar surface area (TPSA) is 115 Å². The van der Waals surface area contributed by atoms with Crippen molar-refractivity contribution in [1.29, 1.82) is 0 Å². The first-order chi connectivity index (χ1) is 13.7. The van der Waals surface area contributed by atoms with Crippen LogP contribution in [0.2, 0.25) is 0 Å². The molecule has 0 aliphatic carbocycles. The maximum atomic E-state index is 12.6. The monoisotopic (exact) mass is 395 g/mol. The van der Waals surface area contributed by atoms with E-state index in [-0.39, 0.29) is 12.7 Å². The molecule has 3 aromatic heterocycles. The Balaban J connectivity index is 1.37. The number of thiophene rings is 1. The average molecular weight is 395 g/mol. The first-order valence-electron chi connectivity index (χ1n) is 8.32. The van der Waals surface area contributed by atoms with Crippen molar-refractivity contribution in [3.63, 3.8) is 0 Å². The van der Waals surface area contributed by atoms with Gasteiger partial charge in [-0.3, -0.25) is 9.89 Å². The van der Waals surface area contributed by atoms with E-state index in [0.717, 1.165) is 5.56 Å². The zero-order chi connectivity index (χ0) is 19.1. The zero-order valence-electron chi connectivity index (χ0n) is 14.6. The van der Waals surface area contributed by atoms with Crippen LogP contribution in [0.4, 0.5) is 5.69 Å². The van der Waals surface area contributed by atoms with Crippen LogP contribution < -0.4 is 14.8 Å². The number of aromatic nitrogens is 4. The fraction of sp³-hybridized carbons (Fsp3) is 0.111. The highest BCUT2D eigenvalue weighted by Gasteiger charge is 2.19. The molecule has 140 valence electrons. The third-order valence-electron chi connectivity index (χ3n) is 4.13. The minimum Gasteiger partial charge on any atom is -0.454 e. The third-order valence-corrected chi connectivity index (χ3v) is 5.03. The number of rotatable bonds is 4. The van der Waals surface area contributed by atoms with Crippen LogP contribution >= 0.6 is 11.3 Å². The summed E-state index contributed by atoms with van der Waals surface area (Å²) in [7, 11) is 0. The summed E-state index contributed by atoms with van der Waals surface area (Å²) in [6.45, 7) is 1.94. The number of hydrogen-bond acceptors (Lipinski definition) is 8. The van der Waals surface area contributed by atoms with Crippen molar-refractivity contribution in [3.05, 3.63) is 47.2 Å². The number of H-pyrrole nitrogens is 1. The lowest BCUT2D eigenvalue weighted by Gasteiger charge is -2.02. The van der Waals surface area contributed by atoms with E-state index in [2.05, 4.69) is 25.7 Å². The number of hydrogen-bond donors (Lipinski definition) is 2. The van der Waals surface area contributed by atoms with Gasteiger partial charge in [0, 0.05) is 5.56 Å². The average Bonchev–Trinajstić information content (AvgIpc) is 3.47. The fourth-order valence-corrected chi connectivity index (χ4v) is 3.56. The summed E-state index contributed by atoms with van der Waals surface area (Å²) in [5, 5.41) is 15.5. The van der Waals surface area contributed by atoms with Crippen molar-refractivity contribution in [1.82, 2.24) is 20.3 Å². The van der Waals surface area contributed by atoms with Crippen molar-refractivity contribution in [2.24, 2.45) is 0 Å². The number of carbonyl (C=O) groups excluding carboxylic acids is 1. The Hall–Kier alpha value is -3.66. The lowest BCUT2D eigenvalue weighted by molar-refractivity contribution is 0.102. The summed E-state index contributed by atoms with van der Waals surface area (Å²) in [6.07, 6.45) is 0. The van der Waals surface area contributed by atoms with E-state index in [1.165, 1.54) is 11.3 Å². The van der Waals surface area contributed by atoms with Gasteiger partial charge in [-0.1, -0.05) is 5.16 Å². The first kappa shape index (κ1) is 16.5. The van der Waals surface area contributed by atoms with Gasteiger partial charge in [-0.15, -0.1) is 11.3 Å². The highest BCUT2D eigenvalue weighted by atomic mass is 32.1. The maximum Gasteiger partial charge on any atom is 0.273 e. The van der Waals surface area contributed by atoms with Gasteiger partial charge in [0.15, 0.2) is 17.3 Å². The van der Waals surface area contributed by atoms with Crippen LogP contribution in [-0.2, 0) is 0 Å². The second-order valence-electron chi connectivity index (χ2n) is 6.00. The highest BCUT2D eigenvalue weighted by Crippen LogP contribution is 2.36. The minimum atomic E-state index is -0.324. The molecule has 5 rings (SSSR count). The van der Waals surface area contributed by atoms with E-state index in [1.807, 2.05) is 23.6 Å². The van der Waals surface area contributed by atoms with Gasteiger partial charge in [-0.25, -0.2) is 0 Å². The van der Waals surface area contributed by atoms with Crippen LogP contribution in [0, 0.1) is 6.92 Å². The molecule has 9 nitrogen and oxygen atoms in total. The minimum absolute atomic E-state index is 0.204. The Bertz CT molecular complexity index is 1180. The van der Waals surface area contributed by atoms with E-state index in [0.29, 0.717) is 45.2 Å². The molecular weight excluding hydrogens is 382 g/mol. The molecule has 4 aromatic rings. The summed E-state index contributed by atoms with van der Waals surface area (Å²) < 4.78 is 15.9. The molecule has 0 bridgehead atoms. The molecule has 0 radical (unpaired) electrons. The summed E-state index contributed by atoms with van der Waals surface area (Å²) in [5.41, 5.74) is 2.36. The van der Waals surface area contributed by atoms with Crippen LogP contribution in [0.1, 0.15) is 16.3 Å². The molecule has 0 unspecified atom stereocenters. The summed E-state index contributed by atoms with van der Waals surface area (Å²) in [4.78, 5) is 17.5. The number of anilines is 1. The molecule has 4 heterocycles. The highest BCUT2D eigenvalue weighted by molar-refractivity contribution is 7.14. The lowest BCUT2D eigenvalue weighted by Crippen LogP contribution is -2.12. The first-order valence-corrected chi connectivity index (χ1v) is 9.20. The van der Waals surface area contributed by atoms with E-state index in [9.17, 15) is 4.79 Å². The van der Waals surface area contributed by atoms with Crippen LogP contribution in [0.5, 0.6) is 11.5 Å². The van der Waals surface area contributed by atoms with Crippen molar-refractivity contribution in [3.8, 4) is 33.5 Å². The molecule has 2 N–H and O–H groups in total. The number of nitrogens with one attached hydrogen (secondary N) is 2. The van der Waals surface area contributed by atoms with Crippen LogP contribution in [0.15, 0.2) is 40.2 Å². The van der Waals surface area contributed by atoms with Gasteiger partial charge < -0.3 is 19.3 Å². The summed E-state index contributed by atoms with van der Waals surface area (Å²) >= 11 is 1.40. The number of benzene rings is 1. The maximum absolute atomic E-state index is 12.6. The number of nitrogens with zero attached hydrogens (tertiary/aromatic N) is 3. The van der Waals surface area contributed by atoms with Crippen LogP contribution in [-0.4, -0.2) is 33.0 Å². The van der Waals surface area contributed by atoms with Gasteiger partial charge in [-0.05, 0) is 42.6 Å². The number of fused-ring (bicyclic) bond motifs is 1. The predicted molar refractivity (Wildman–Crippen MR) is 100 cm³/mol. The van der Waals surface area contributed by atoms with E-state index in [4.69, 9.17) is 14.0 Å². The fourth-order valence-electron chi connectivity index (χ4n) is 2.79. The number of ether oxygens (including phenoxy) is 2. The second kappa shape index (κ2) is 6.50. The molecule has 1 aromatic carbocycles. The Morgan fingerprint density at radius 1 is 1.21 bits per heavy atom. The van der Waals surface area contributed by atoms with Gasteiger partial charge >= 0.3 is 0 Å². The molecule has 0 fully saturated rings. The Labute approximate surface area is 162 Å². The van der Waals surface area contributed by atoms with E-state index >= 15 is 0 Å². The van der Waals surface area contributed by atoms with Crippen molar-refractivity contribution in [2.45, 2.75) is 6.92 Å². The molecule has 1 aliphatic rings. The summed E-state index contributed by atoms with van der Waals surface area (Å²) in [5.74, 6) is 1.93. The standard InChI is InChI=1S/C18H13N5O4S/c1-9-19-18(27-23-9)16-11(4-5-28-16)20-17(24)13-7-12(21-22-13)10-2-3-14-15(6-10)26-8-25-14/h2-7H,8H2,1H3,(H,20,24)(H,21,22). The zero-order valence-corrected chi connectivity index (χ0v) is 15.4. The second-order valence-corrected chi connectivity index (χ2v) is 6.92. The number of aryl methyl sites for hydroxylation is 1. The smallest absolute Gasteiger partial charge is 0.273 e. The van der Waals surface area contributed by atoms with Crippen molar-refractivity contribution in [2.75, 3.05) is 12.1 Å². The largest absolute Gasteiger partial charge is 0.454 e. The Morgan fingerprint density at radius 3 is 2.96 bits per heavy atom. The van der Waals surface area contributed by atoms with Gasteiger partial charge in [-0.2, -0.15) is 10.1 Å². The molecule has 28 heavy (non-hydrogen) atoms. The molecule has 0 saturated carbocycles. The molecule has 1 aliphatic heterocycles.